The van der Waals surface area contributed by atoms with Gasteiger partial charge in [-0.15, -0.1) is 10.2 Å². The van der Waals surface area contributed by atoms with Crippen molar-refractivity contribution in [3.05, 3.63) is 59.4 Å². The minimum atomic E-state index is -0.270. The molecule has 1 amide bonds. The average molecular weight is 389 g/mol. The Morgan fingerprint density at radius 3 is 2.73 bits per heavy atom. The maximum absolute atomic E-state index is 12.2. The minimum Gasteiger partial charge on any atom is -0.506 e. The molecule has 26 heavy (non-hydrogen) atoms. The quantitative estimate of drug-likeness (QED) is 0.494. The van der Waals surface area contributed by atoms with E-state index in [0.29, 0.717) is 10.2 Å². The van der Waals surface area contributed by atoms with Crippen LogP contribution in [0, 0.1) is 0 Å². The first kappa shape index (κ1) is 18.3. The van der Waals surface area contributed by atoms with Gasteiger partial charge in [0.15, 0.2) is 5.16 Å². The zero-order valence-electron chi connectivity index (χ0n) is 14.0. The van der Waals surface area contributed by atoms with Gasteiger partial charge in [0.2, 0.25) is 5.91 Å². The number of anilines is 1. The Balaban J connectivity index is 1.73. The molecule has 0 unspecified atom stereocenters. The molecule has 6 nitrogen and oxygen atoms in total. The average Bonchev–Trinajstić information content (AvgIpc) is 3.07. The third-order valence-electron chi connectivity index (χ3n) is 3.60. The molecule has 0 saturated heterocycles. The van der Waals surface area contributed by atoms with Crippen molar-refractivity contribution in [1.29, 1.82) is 0 Å². The third kappa shape index (κ3) is 4.17. The van der Waals surface area contributed by atoms with Crippen LogP contribution in [0.1, 0.15) is 12.7 Å². The summed E-state index contributed by atoms with van der Waals surface area (Å²) < 4.78 is 1.94. The normalized spacial score (nSPS) is 10.7. The summed E-state index contributed by atoms with van der Waals surface area (Å²) in [5.74, 6) is 0.647. The number of phenolic OH excluding ortho intramolecular Hbond substituents is 1. The number of aryl methyl sites for hydroxylation is 1. The number of carbonyl (C=O) groups excluding carboxylic acids is 1. The summed E-state index contributed by atoms with van der Waals surface area (Å²) in [5.41, 5.74) is 1.23. The Labute approximate surface area is 160 Å². The third-order valence-corrected chi connectivity index (χ3v) is 4.76. The number of halogens is 1. The number of aromatic hydroxyl groups is 1. The molecule has 8 heteroatoms. The Bertz CT molecular complexity index is 915. The van der Waals surface area contributed by atoms with Crippen molar-refractivity contribution in [3.8, 4) is 11.4 Å². The van der Waals surface area contributed by atoms with Crippen LogP contribution >= 0.6 is 23.4 Å². The minimum absolute atomic E-state index is 0.0338. The molecule has 134 valence electrons. The maximum Gasteiger partial charge on any atom is 0.234 e. The molecular formula is C18H17ClN4O2S. The summed E-state index contributed by atoms with van der Waals surface area (Å²) >= 11 is 7.17. The lowest BCUT2D eigenvalue weighted by molar-refractivity contribution is -0.113. The first-order chi connectivity index (χ1) is 12.6. The largest absolute Gasteiger partial charge is 0.506 e. The second-order valence-electron chi connectivity index (χ2n) is 5.42. The van der Waals surface area contributed by atoms with Gasteiger partial charge in [-0.25, -0.2) is 0 Å². The molecule has 2 aromatic carbocycles. The number of aromatic nitrogens is 3. The number of hydrogen-bond acceptors (Lipinski definition) is 5. The highest BCUT2D eigenvalue weighted by Gasteiger charge is 2.15. The summed E-state index contributed by atoms with van der Waals surface area (Å²) in [6.45, 7) is 2.01. The molecule has 0 saturated carbocycles. The highest BCUT2D eigenvalue weighted by molar-refractivity contribution is 7.99. The van der Waals surface area contributed by atoms with E-state index in [4.69, 9.17) is 11.6 Å². The van der Waals surface area contributed by atoms with E-state index in [-0.39, 0.29) is 23.1 Å². The van der Waals surface area contributed by atoms with Gasteiger partial charge >= 0.3 is 0 Å². The zero-order chi connectivity index (χ0) is 18.5. The number of para-hydroxylation sites is 1. The Kier molecular flexibility index (Phi) is 5.80. The van der Waals surface area contributed by atoms with Crippen molar-refractivity contribution < 1.29 is 9.90 Å². The second kappa shape index (κ2) is 8.25. The highest BCUT2D eigenvalue weighted by Crippen LogP contribution is 2.27. The molecule has 0 aliphatic carbocycles. The highest BCUT2D eigenvalue weighted by atomic mass is 35.5. The fourth-order valence-electron chi connectivity index (χ4n) is 2.38. The summed E-state index contributed by atoms with van der Waals surface area (Å²) in [4.78, 5) is 12.2. The Hall–Kier alpha value is -2.51. The van der Waals surface area contributed by atoms with Crippen molar-refractivity contribution in [2.75, 3.05) is 11.1 Å². The molecule has 0 radical (unpaired) electrons. The Morgan fingerprint density at radius 1 is 1.23 bits per heavy atom. The topological polar surface area (TPSA) is 80.0 Å². The number of benzene rings is 2. The zero-order valence-corrected chi connectivity index (χ0v) is 15.6. The predicted octanol–water partition coefficient (Wildman–Crippen LogP) is 3.92. The van der Waals surface area contributed by atoms with Crippen LogP contribution in [0.3, 0.4) is 0 Å². The number of phenols is 1. The van der Waals surface area contributed by atoms with Crippen molar-refractivity contribution >= 4 is 35.0 Å². The standard InChI is InChI=1S/C18H17ClN4O2S/c1-2-16-21-22-18(23(16)13-6-4-3-5-7-13)26-11-17(25)20-14-10-12(19)8-9-15(14)24/h3-10,24H,2,11H2,1H3,(H,20,25). The molecular weight excluding hydrogens is 372 g/mol. The first-order valence-corrected chi connectivity index (χ1v) is 9.35. The van der Waals surface area contributed by atoms with Crippen LogP contribution in [0.25, 0.3) is 5.69 Å². The number of nitrogens with zero attached hydrogens (tertiary/aromatic N) is 3. The maximum atomic E-state index is 12.2. The van der Waals surface area contributed by atoms with Crippen LogP contribution in [-0.2, 0) is 11.2 Å². The van der Waals surface area contributed by atoms with Crippen molar-refractivity contribution in [2.24, 2.45) is 0 Å². The number of amides is 1. The summed E-state index contributed by atoms with van der Waals surface area (Å²) in [7, 11) is 0. The number of rotatable bonds is 6. The molecule has 3 aromatic rings. The summed E-state index contributed by atoms with van der Waals surface area (Å²) in [6.07, 6.45) is 0.727. The van der Waals surface area contributed by atoms with Gasteiger partial charge in [-0.3, -0.25) is 9.36 Å². The fourth-order valence-corrected chi connectivity index (χ4v) is 3.33. The molecule has 0 bridgehead atoms. The smallest absolute Gasteiger partial charge is 0.234 e. The van der Waals surface area contributed by atoms with E-state index in [9.17, 15) is 9.90 Å². The lowest BCUT2D eigenvalue weighted by atomic mass is 10.3. The van der Waals surface area contributed by atoms with Crippen LogP contribution in [0.15, 0.2) is 53.7 Å². The van der Waals surface area contributed by atoms with E-state index in [1.165, 1.54) is 23.9 Å². The van der Waals surface area contributed by atoms with Crippen LogP contribution in [-0.4, -0.2) is 31.5 Å². The number of carbonyl (C=O) groups is 1. The Morgan fingerprint density at radius 2 is 2.00 bits per heavy atom. The van der Waals surface area contributed by atoms with Gasteiger partial charge in [-0.05, 0) is 30.3 Å². The lowest BCUT2D eigenvalue weighted by Gasteiger charge is -2.10. The molecule has 0 fully saturated rings. The monoisotopic (exact) mass is 388 g/mol. The lowest BCUT2D eigenvalue weighted by Crippen LogP contribution is -2.14. The summed E-state index contributed by atoms with van der Waals surface area (Å²) in [5, 5.41) is 21.9. The number of hydrogen-bond donors (Lipinski definition) is 2. The molecule has 0 spiro atoms. The van der Waals surface area contributed by atoms with E-state index in [0.717, 1.165) is 17.9 Å². The van der Waals surface area contributed by atoms with E-state index in [2.05, 4.69) is 15.5 Å². The van der Waals surface area contributed by atoms with Crippen molar-refractivity contribution in [2.45, 2.75) is 18.5 Å². The van der Waals surface area contributed by atoms with Gasteiger partial charge < -0.3 is 10.4 Å². The number of thioether (sulfide) groups is 1. The van der Waals surface area contributed by atoms with Gasteiger partial charge in [0.05, 0.1) is 11.4 Å². The van der Waals surface area contributed by atoms with E-state index in [1.807, 2.05) is 41.8 Å². The van der Waals surface area contributed by atoms with Crippen LogP contribution in [0.4, 0.5) is 5.69 Å². The molecule has 0 aliphatic rings. The molecule has 1 heterocycles. The molecule has 0 atom stereocenters. The van der Waals surface area contributed by atoms with E-state index >= 15 is 0 Å². The van der Waals surface area contributed by atoms with Gasteiger partial charge in [-0.2, -0.15) is 0 Å². The van der Waals surface area contributed by atoms with Crippen LogP contribution in [0.5, 0.6) is 5.75 Å². The second-order valence-corrected chi connectivity index (χ2v) is 6.80. The van der Waals surface area contributed by atoms with E-state index < -0.39 is 0 Å². The van der Waals surface area contributed by atoms with Gasteiger partial charge in [0, 0.05) is 17.1 Å². The first-order valence-electron chi connectivity index (χ1n) is 7.99. The molecule has 1 aromatic heterocycles. The predicted molar refractivity (Wildman–Crippen MR) is 103 cm³/mol. The van der Waals surface area contributed by atoms with Gasteiger partial charge in [0.25, 0.3) is 0 Å². The van der Waals surface area contributed by atoms with Crippen molar-refractivity contribution in [1.82, 2.24) is 14.8 Å². The number of nitrogens with one attached hydrogen (secondary N) is 1. The molecule has 2 N–H and O–H groups in total. The SMILES string of the molecule is CCc1nnc(SCC(=O)Nc2cc(Cl)ccc2O)n1-c1ccccc1. The summed E-state index contributed by atoms with van der Waals surface area (Å²) in [6, 6.07) is 14.3. The van der Waals surface area contributed by atoms with Crippen molar-refractivity contribution in [3.63, 3.8) is 0 Å². The molecule has 0 aliphatic heterocycles. The molecule has 3 rings (SSSR count). The van der Waals surface area contributed by atoms with E-state index in [1.54, 1.807) is 6.07 Å². The van der Waals surface area contributed by atoms with Gasteiger partial charge in [-0.1, -0.05) is 48.5 Å². The fraction of sp³-hybridized carbons (Fsp3) is 0.167. The van der Waals surface area contributed by atoms with Crippen LogP contribution < -0.4 is 5.32 Å². The van der Waals surface area contributed by atoms with Gasteiger partial charge in [0.1, 0.15) is 11.6 Å². The van der Waals surface area contributed by atoms with Crippen LogP contribution in [0.2, 0.25) is 5.02 Å².